The van der Waals surface area contributed by atoms with E-state index < -0.39 is 0 Å². The quantitative estimate of drug-likeness (QED) is 0.522. The van der Waals surface area contributed by atoms with Gasteiger partial charge in [0.05, 0.1) is 5.49 Å². The second kappa shape index (κ2) is 3.09. The molecule has 0 aromatic rings. The molecule has 0 fully saturated rings. The number of hydrogen-bond donors (Lipinski definition) is 1. The number of hydrogen-bond acceptors (Lipinski definition) is 1. The van der Waals surface area contributed by atoms with Gasteiger partial charge in [0.25, 0.3) is 0 Å². The minimum Gasteiger partial charge on any atom is -0.380 e. The van der Waals surface area contributed by atoms with E-state index in [9.17, 15) is 0 Å². The third-order valence-corrected chi connectivity index (χ3v) is 0.537. The fourth-order valence-corrected chi connectivity index (χ4v) is 0.408. The molecule has 0 bridgehead atoms. The first-order valence-corrected chi connectivity index (χ1v) is 2.44. The fourth-order valence-electron chi connectivity index (χ4n) is 0.136. The van der Waals surface area contributed by atoms with Crippen LogP contribution in [-0.4, -0.2) is 11.5 Å². The first kappa shape index (κ1) is 5.89. The summed E-state index contributed by atoms with van der Waals surface area (Å²) in [5, 5.41) is 2.90. The SMILES string of the molecule is CC(C)NC=S. The lowest BCUT2D eigenvalue weighted by Crippen LogP contribution is -2.18. The predicted octanol–water partition coefficient (Wildman–Crippen LogP) is 0.942. The molecule has 36 valence electrons. The Morgan fingerprint density at radius 2 is 2.17 bits per heavy atom. The van der Waals surface area contributed by atoms with Crippen molar-refractivity contribution >= 4 is 17.7 Å². The van der Waals surface area contributed by atoms with Gasteiger partial charge in [-0.3, -0.25) is 0 Å². The summed E-state index contributed by atoms with van der Waals surface area (Å²) >= 11 is 4.49. The maximum absolute atomic E-state index is 4.49. The maximum Gasteiger partial charge on any atom is 0.0616 e. The van der Waals surface area contributed by atoms with Gasteiger partial charge in [0.1, 0.15) is 0 Å². The molecular weight excluding hydrogens is 94.1 g/mol. The Balaban J connectivity index is 2.81. The molecule has 0 rings (SSSR count). The Morgan fingerprint density at radius 1 is 1.67 bits per heavy atom. The third-order valence-electron chi connectivity index (χ3n) is 0.401. The first-order valence-electron chi connectivity index (χ1n) is 1.97. The topological polar surface area (TPSA) is 12.0 Å². The van der Waals surface area contributed by atoms with Crippen molar-refractivity contribution < 1.29 is 0 Å². The summed E-state index contributed by atoms with van der Waals surface area (Å²) in [5.74, 6) is 0. The molecule has 0 atom stereocenters. The molecule has 6 heavy (non-hydrogen) atoms. The molecule has 0 amide bonds. The monoisotopic (exact) mass is 103 g/mol. The predicted molar refractivity (Wildman–Crippen MR) is 31.9 cm³/mol. The van der Waals surface area contributed by atoms with Crippen LogP contribution in [0.3, 0.4) is 0 Å². The van der Waals surface area contributed by atoms with Crippen LogP contribution in [0.5, 0.6) is 0 Å². The van der Waals surface area contributed by atoms with E-state index in [4.69, 9.17) is 0 Å². The highest BCUT2D eigenvalue weighted by Gasteiger charge is 1.79. The Labute approximate surface area is 43.7 Å². The van der Waals surface area contributed by atoms with Crippen molar-refractivity contribution in [2.24, 2.45) is 0 Å². The van der Waals surface area contributed by atoms with Gasteiger partial charge in [0.15, 0.2) is 0 Å². The average molecular weight is 103 g/mol. The second-order valence-corrected chi connectivity index (χ2v) is 1.67. The maximum atomic E-state index is 4.49. The molecule has 0 heterocycles. The molecule has 2 heteroatoms. The Bertz CT molecular complexity index is 42.8. The van der Waals surface area contributed by atoms with E-state index in [0.29, 0.717) is 6.04 Å². The molecule has 0 unspecified atom stereocenters. The van der Waals surface area contributed by atoms with Gasteiger partial charge in [-0.15, -0.1) is 0 Å². The largest absolute Gasteiger partial charge is 0.380 e. The van der Waals surface area contributed by atoms with Crippen LogP contribution < -0.4 is 5.32 Å². The summed E-state index contributed by atoms with van der Waals surface area (Å²) in [6, 6.07) is 0.488. The summed E-state index contributed by atoms with van der Waals surface area (Å²) in [7, 11) is 0. The van der Waals surface area contributed by atoms with Crippen LogP contribution in [0.15, 0.2) is 0 Å². The molecule has 0 aromatic heterocycles. The molecule has 1 N–H and O–H groups in total. The zero-order valence-electron chi connectivity index (χ0n) is 4.06. The average Bonchev–Trinajstić information content (AvgIpc) is 1.35. The van der Waals surface area contributed by atoms with Crippen LogP contribution in [0.25, 0.3) is 0 Å². The summed E-state index contributed by atoms with van der Waals surface area (Å²) < 4.78 is 0. The minimum absolute atomic E-state index is 0.488. The Morgan fingerprint density at radius 3 is 2.17 bits per heavy atom. The molecule has 0 aromatic carbocycles. The van der Waals surface area contributed by atoms with Crippen molar-refractivity contribution in [1.29, 1.82) is 0 Å². The van der Waals surface area contributed by atoms with E-state index in [2.05, 4.69) is 17.5 Å². The van der Waals surface area contributed by atoms with Crippen LogP contribution in [0.4, 0.5) is 0 Å². The lowest BCUT2D eigenvalue weighted by atomic mass is 10.4. The van der Waals surface area contributed by atoms with Gasteiger partial charge in [-0.25, -0.2) is 0 Å². The molecule has 0 aliphatic carbocycles. The molecule has 0 saturated carbocycles. The summed E-state index contributed by atoms with van der Waals surface area (Å²) in [6.45, 7) is 4.09. The lowest BCUT2D eigenvalue weighted by Gasteiger charge is -1.98. The molecule has 0 spiro atoms. The molecule has 0 radical (unpaired) electrons. The van der Waals surface area contributed by atoms with Crippen LogP contribution in [0.1, 0.15) is 13.8 Å². The van der Waals surface area contributed by atoms with Crippen LogP contribution in [0, 0.1) is 0 Å². The van der Waals surface area contributed by atoms with E-state index in [0.717, 1.165) is 0 Å². The summed E-state index contributed by atoms with van der Waals surface area (Å²) in [4.78, 5) is 0. The van der Waals surface area contributed by atoms with Crippen molar-refractivity contribution in [2.45, 2.75) is 19.9 Å². The van der Waals surface area contributed by atoms with Crippen LogP contribution in [0.2, 0.25) is 0 Å². The van der Waals surface area contributed by atoms with E-state index in [1.807, 2.05) is 13.8 Å². The van der Waals surface area contributed by atoms with Crippen molar-refractivity contribution in [3.8, 4) is 0 Å². The highest BCUT2D eigenvalue weighted by atomic mass is 32.1. The summed E-state index contributed by atoms with van der Waals surface area (Å²) in [5.41, 5.74) is 1.53. The summed E-state index contributed by atoms with van der Waals surface area (Å²) in [6.07, 6.45) is 0. The number of thiocarbonyl (C=S) groups is 1. The highest BCUT2D eigenvalue weighted by molar-refractivity contribution is 7.78. The van der Waals surface area contributed by atoms with E-state index >= 15 is 0 Å². The van der Waals surface area contributed by atoms with Crippen molar-refractivity contribution in [3.05, 3.63) is 0 Å². The number of rotatable bonds is 2. The van der Waals surface area contributed by atoms with Gasteiger partial charge in [0.2, 0.25) is 0 Å². The second-order valence-electron chi connectivity index (χ2n) is 1.44. The first-order chi connectivity index (χ1) is 2.77. The van der Waals surface area contributed by atoms with Gasteiger partial charge in [-0.2, -0.15) is 0 Å². The van der Waals surface area contributed by atoms with Gasteiger partial charge in [-0.1, -0.05) is 12.2 Å². The fraction of sp³-hybridized carbons (Fsp3) is 0.750. The van der Waals surface area contributed by atoms with E-state index in [1.54, 1.807) is 0 Å². The zero-order valence-corrected chi connectivity index (χ0v) is 4.88. The molecule has 1 nitrogen and oxygen atoms in total. The van der Waals surface area contributed by atoms with Gasteiger partial charge in [0, 0.05) is 6.04 Å². The van der Waals surface area contributed by atoms with Gasteiger partial charge in [-0.05, 0) is 13.8 Å². The minimum atomic E-state index is 0.488. The van der Waals surface area contributed by atoms with Crippen molar-refractivity contribution in [2.75, 3.05) is 0 Å². The molecular formula is C4H9NS. The zero-order chi connectivity index (χ0) is 4.99. The number of nitrogens with one attached hydrogen (secondary N) is 1. The molecule has 0 saturated heterocycles. The van der Waals surface area contributed by atoms with Gasteiger partial charge >= 0.3 is 0 Å². The van der Waals surface area contributed by atoms with Crippen molar-refractivity contribution in [3.63, 3.8) is 0 Å². The van der Waals surface area contributed by atoms with E-state index in [-0.39, 0.29) is 0 Å². The third kappa shape index (κ3) is 3.89. The standard InChI is InChI=1S/C4H9NS/c1-4(2)5-3-6/h3-4H,1-2H3,(H,5,6). The van der Waals surface area contributed by atoms with Crippen LogP contribution >= 0.6 is 12.2 Å². The van der Waals surface area contributed by atoms with Crippen molar-refractivity contribution in [1.82, 2.24) is 5.32 Å². The Kier molecular flexibility index (Phi) is 3.04. The lowest BCUT2D eigenvalue weighted by molar-refractivity contribution is 0.749. The highest BCUT2D eigenvalue weighted by Crippen LogP contribution is 1.68. The van der Waals surface area contributed by atoms with Crippen LogP contribution in [-0.2, 0) is 0 Å². The molecule has 0 aliphatic heterocycles. The normalized spacial score (nSPS) is 8.50. The van der Waals surface area contributed by atoms with Gasteiger partial charge < -0.3 is 5.32 Å². The Hall–Kier alpha value is -0.110. The van der Waals surface area contributed by atoms with E-state index in [1.165, 1.54) is 5.49 Å². The molecule has 0 aliphatic rings. The smallest absolute Gasteiger partial charge is 0.0616 e.